The topological polar surface area (TPSA) is 67.4 Å². The molecule has 0 unspecified atom stereocenters. The van der Waals surface area contributed by atoms with Gasteiger partial charge in [0.15, 0.2) is 6.61 Å². The highest BCUT2D eigenvalue weighted by atomic mass is 16.5. The number of nitrogens with one attached hydrogen (secondary N) is 2. The molecule has 0 aliphatic rings. The van der Waals surface area contributed by atoms with Gasteiger partial charge in [-0.3, -0.25) is 9.59 Å². The molecule has 0 saturated heterocycles. The van der Waals surface area contributed by atoms with Crippen molar-refractivity contribution in [1.82, 2.24) is 5.32 Å². The quantitative estimate of drug-likeness (QED) is 0.875. The van der Waals surface area contributed by atoms with E-state index in [4.69, 9.17) is 4.74 Å². The van der Waals surface area contributed by atoms with E-state index in [1.807, 2.05) is 52.0 Å². The molecule has 0 aliphatic heterocycles. The molecule has 0 aliphatic carbocycles. The molecule has 2 N–H and O–H groups in total. The van der Waals surface area contributed by atoms with Crippen LogP contribution >= 0.6 is 0 Å². The highest BCUT2D eigenvalue weighted by Gasteiger charge is 2.15. The summed E-state index contributed by atoms with van der Waals surface area (Å²) in [5.41, 5.74) is 1.85. The summed E-state index contributed by atoms with van der Waals surface area (Å²) in [4.78, 5) is 24.2. The Bertz CT molecular complexity index is 746. The third-order valence-corrected chi connectivity index (χ3v) is 3.29. The molecular weight excluding hydrogens is 316 g/mol. The lowest BCUT2D eigenvalue weighted by Gasteiger charge is -2.20. The minimum atomic E-state index is -0.321. The van der Waals surface area contributed by atoms with Crippen LogP contribution in [0.4, 0.5) is 5.69 Å². The van der Waals surface area contributed by atoms with Crippen LogP contribution in [0.25, 0.3) is 0 Å². The number of carbonyl (C=O) groups excluding carboxylic acids is 2. The summed E-state index contributed by atoms with van der Waals surface area (Å²) in [6.07, 6.45) is 0. The van der Waals surface area contributed by atoms with Crippen molar-refractivity contribution in [2.45, 2.75) is 33.2 Å². The number of hydrogen-bond acceptors (Lipinski definition) is 3. The fourth-order valence-electron chi connectivity index (χ4n) is 2.13. The van der Waals surface area contributed by atoms with Crippen molar-refractivity contribution in [3.8, 4) is 5.75 Å². The van der Waals surface area contributed by atoms with Gasteiger partial charge in [-0.25, -0.2) is 0 Å². The van der Waals surface area contributed by atoms with E-state index in [-0.39, 0.29) is 24.0 Å². The Morgan fingerprint density at radius 1 is 1.04 bits per heavy atom. The van der Waals surface area contributed by atoms with Crippen LogP contribution < -0.4 is 15.4 Å². The van der Waals surface area contributed by atoms with Gasteiger partial charge in [0.2, 0.25) is 0 Å². The molecule has 2 aromatic carbocycles. The largest absolute Gasteiger partial charge is 0.484 e. The van der Waals surface area contributed by atoms with Crippen LogP contribution in [0.3, 0.4) is 0 Å². The molecule has 0 fully saturated rings. The molecule has 25 heavy (non-hydrogen) atoms. The highest BCUT2D eigenvalue weighted by molar-refractivity contribution is 5.97. The van der Waals surface area contributed by atoms with Gasteiger partial charge in [0.25, 0.3) is 11.8 Å². The standard InChI is InChI=1S/C20H24N2O3/c1-14-8-10-17(11-9-14)25-13-18(23)21-16-7-5-6-15(12-16)19(24)22-20(2,3)4/h5-12H,13H2,1-4H3,(H,21,23)(H,22,24). The molecule has 132 valence electrons. The number of ether oxygens (including phenoxy) is 1. The maximum atomic E-state index is 12.2. The lowest BCUT2D eigenvalue weighted by atomic mass is 10.1. The second-order valence-corrected chi connectivity index (χ2v) is 6.93. The van der Waals surface area contributed by atoms with Gasteiger partial charge in [-0.1, -0.05) is 23.8 Å². The van der Waals surface area contributed by atoms with E-state index in [0.29, 0.717) is 17.0 Å². The first-order valence-electron chi connectivity index (χ1n) is 8.15. The molecule has 0 heterocycles. The number of amides is 2. The zero-order valence-electron chi connectivity index (χ0n) is 15.1. The van der Waals surface area contributed by atoms with E-state index in [2.05, 4.69) is 10.6 Å². The summed E-state index contributed by atoms with van der Waals surface area (Å²) >= 11 is 0. The van der Waals surface area contributed by atoms with Crippen molar-refractivity contribution in [1.29, 1.82) is 0 Å². The number of aryl methyl sites for hydroxylation is 1. The highest BCUT2D eigenvalue weighted by Crippen LogP contribution is 2.14. The summed E-state index contributed by atoms with van der Waals surface area (Å²) in [5.74, 6) is 0.174. The normalized spacial score (nSPS) is 10.9. The molecule has 0 bridgehead atoms. The molecule has 2 aromatic rings. The minimum Gasteiger partial charge on any atom is -0.484 e. The van der Waals surface area contributed by atoms with Crippen molar-refractivity contribution >= 4 is 17.5 Å². The maximum absolute atomic E-state index is 12.2. The number of anilines is 1. The zero-order valence-corrected chi connectivity index (χ0v) is 15.1. The number of hydrogen-bond donors (Lipinski definition) is 2. The van der Waals surface area contributed by atoms with Crippen molar-refractivity contribution < 1.29 is 14.3 Å². The lowest BCUT2D eigenvalue weighted by Crippen LogP contribution is -2.40. The van der Waals surface area contributed by atoms with Crippen molar-refractivity contribution in [2.24, 2.45) is 0 Å². The van der Waals surface area contributed by atoms with Gasteiger partial charge in [-0.15, -0.1) is 0 Å². The fraction of sp³-hybridized carbons (Fsp3) is 0.300. The van der Waals surface area contributed by atoms with Crippen LogP contribution in [0.5, 0.6) is 5.75 Å². The van der Waals surface area contributed by atoms with Gasteiger partial charge in [0.1, 0.15) is 5.75 Å². The first kappa shape index (κ1) is 18.5. The Labute approximate surface area is 148 Å². The summed E-state index contributed by atoms with van der Waals surface area (Å²) in [6.45, 7) is 7.64. The molecule has 5 nitrogen and oxygen atoms in total. The van der Waals surface area contributed by atoms with E-state index in [0.717, 1.165) is 5.56 Å². The number of benzene rings is 2. The van der Waals surface area contributed by atoms with Crippen molar-refractivity contribution in [3.63, 3.8) is 0 Å². The van der Waals surface area contributed by atoms with Crippen molar-refractivity contribution in [2.75, 3.05) is 11.9 Å². The van der Waals surface area contributed by atoms with Crippen molar-refractivity contribution in [3.05, 3.63) is 59.7 Å². The molecule has 0 aromatic heterocycles. The summed E-state index contributed by atoms with van der Waals surface area (Å²) in [5, 5.41) is 5.63. The lowest BCUT2D eigenvalue weighted by molar-refractivity contribution is -0.118. The Morgan fingerprint density at radius 3 is 2.36 bits per heavy atom. The second kappa shape index (κ2) is 7.83. The molecule has 2 rings (SSSR count). The molecule has 0 atom stereocenters. The van der Waals surface area contributed by atoms with Crippen LogP contribution in [0.2, 0.25) is 0 Å². The molecule has 2 amide bonds. The molecule has 5 heteroatoms. The molecule has 0 spiro atoms. The first-order chi connectivity index (χ1) is 11.7. The third kappa shape index (κ3) is 6.30. The summed E-state index contributed by atoms with van der Waals surface area (Å²) < 4.78 is 5.45. The van der Waals surface area contributed by atoms with Gasteiger partial charge in [0, 0.05) is 16.8 Å². The van der Waals surface area contributed by atoms with E-state index in [9.17, 15) is 9.59 Å². The number of carbonyl (C=O) groups is 2. The average Bonchev–Trinajstić information content (AvgIpc) is 2.53. The van der Waals surface area contributed by atoms with Crippen LogP contribution in [-0.4, -0.2) is 24.0 Å². The smallest absolute Gasteiger partial charge is 0.262 e. The first-order valence-corrected chi connectivity index (χ1v) is 8.15. The second-order valence-electron chi connectivity index (χ2n) is 6.93. The summed E-state index contributed by atoms with van der Waals surface area (Å²) in [7, 11) is 0. The van der Waals surface area contributed by atoms with Gasteiger partial charge in [0.05, 0.1) is 0 Å². The van der Waals surface area contributed by atoms with E-state index >= 15 is 0 Å². The molecule has 0 radical (unpaired) electrons. The Morgan fingerprint density at radius 2 is 1.72 bits per heavy atom. The predicted octanol–water partition coefficient (Wildman–Crippen LogP) is 3.54. The molecule has 0 saturated carbocycles. The molecular formula is C20H24N2O3. The Hall–Kier alpha value is -2.82. The van der Waals surface area contributed by atoms with E-state index < -0.39 is 0 Å². The van der Waals surface area contributed by atoms with E-state index in [1.165, 1.54) is 0 Å². The SMILES string of the molecule is Cc1ccc(OCC(=O)Nc2cccc(C(=O)NC(C)(C)C)c2)cc1. The minimum absolute atomic E-state index is 0.0958. The van der Waals surface area contributed by atoms with Gasteiger partial charge in [-0.2, -0.15) is 0 Å². The zero-order chi connectivity index (χ0) is 18.4. The van der Waals surface area contributed by atoms with E-state index in [1.54, 1.807) is 24.3 Å². The Balaban J connectivity index is 1.93. The number of rotatable bonds is 5. The summed E-state index contributed by atoms with van der Waals surface area (Å²) in [6, 6.07) is 14.3. The van der Waals surface area contributed by atoms with Crippen LogP contribution in [0.15, 0.2) is 48.5 Å². The van der Waals surface area contributed by atoms with Gasteiger partial charge >= 0.3 is 0 Å². The van der Waals surface area contributed by atoms with Gasteiger partial charge < -0.3 is 15.4 Å². The average molecular weight is 340 g/mol. The van der Waals surface area contributed by atoms with Crippen LogP contribution in [0.1, 0.15) is 36.7 Å². The van der Waals surface area contributed by atoms with Gasteiger partial charge in [-0.05, 0) is 58.0 Å². The predicted molar refractivity (Wildman–Crippen MR) is 99.0 cm³/mol. The monoisotopic (exact) mass is 340 g/mol. The van der Waals surface area contributed by atoms with Crippen LogP contribution in [0, 0.1) is 6.92 Å². The Kier molecular flexibility index (Phi) is 5.80. The van der Waals surface area contributed by atoms with Crippen LogP contribution in [-0.2, 0) is 4.79 Å². The fourth-order valence-corrected chi connectivity index (χ4v) is 2.13. The maximum Gasteiger partial charge on any atom is 0.262 e. The third-order valence-electron chi connectivity index (χ3n) is 3.29.